The largest absolute Gasteiger partial charge is 0.490 e. The first-order chi connectivity index (χ1) is 13.1. The molecule has 0 spiro atoms. The third kappa shape index (κ3) is 4.48. The Bertz CT molecular complexity index is 796. The molecule has 0 radical (unpaired) electrons. The molecule has 0 saturated heterocycles. The first kappa shape index (κ1) is 18.9. The van der Waals surface area contributed by atoms with Crippen molar-refractivity contribution in [1.82, 2.24) is 9.55 Å². The van der Waals surface area contributed by atoms with Crippen molar-refractivity contribution >= 4 is 18.1 Å². The molecular weight excluding hydrogens is 346 g/mol. The number of fused-ring (bicyclic) bond motifs is 1. The second-order valence-electron chi connectivity index (χ2n) is 6.81. The van der Waals surface area contributed by atoms with Crippen LogP contribution in [-0.4, -0.2) is 33.1 Å². The molecule has 1 aromatic heterocycles. The van der Waals surface area contributed by atoms with Crippen molar-refractivity contribution in [3.8, 4) is 5.75 Å². The van der Waals surface area contributed by atoms with Gasteiger partial charge in [0.15, 0.2) is 0 Å². The van der Waals surface area contributed by atoms with E-state index in [1.165, 1.54) is 12.8 Å². The lowest BCUT2D eigenvalue weighted by atomic mass is 9.88. The predicted octanol–water partition coefficient (Wildman–Crippen LogP) is 3.40. The van der Waals surface area contributed by atoms with Gasteiger partial charge in [0.05, 0.1) is 18.1 Å². The molecule has 4 rings (SSSR count). The topological polar surface area (TPSA) is 93.5 Å². The monoisotopic (exact) mass is 371 g/mol. The number of rotatable bonds is 4. The highest BCUT2D eigenvalue weighted by molar-refractivity contribution is 5.95. The van der Waals surface area contributed by atoms with Gasteiger partial charge in [0, 0.05) is 36.8 Å². The van der Waals surface area contributed by atoms with E-state index in [0.29, 0.717) is 12.5 Å². The van der Waals surface area contributed by atoms with Crippen LogP contribution in [0.5, 0.6) is 5.75 Å². The van der Waals surface area contributed by atoms with Crippen LogP contribution in [0.25, 0.3) is 0 Å². The number of anilines is 1. The summed E-state index contributed by atoms with van der Waals surface area (Å²) in [7, 11) is 0. The second-order valence-corrected chi connectivity index (χ2v) is 6.81. The van der Waals surface area contributed by atoms with E-state index in [0.717, 1.165) is 42.1 Å². The molecule has 0 bridgehead atoms. The number of hydrogen-bond donors (Lipinski definition) is 2. The smallest absolute Gasteiger partial charge is 0.290 e. The molecule has 2 aliphatic rings. The van der Waals surface area contributed by atoms with Gasteiger partial charge in [-0.15, -0.1) is 0 Å². The number of imidazole rings is 1. The number of nitrogens with one attached hydrogen (secondary N) is 1. The number of amides is 1. The van der Waals surface area contributed by atoms with E-state index >= 15 is 0 Å². The summed E-state index contributed by atoms with van der Waals surface area (Å²) < 4.78 is 8.11. The van der Waals surface area contributed by atoms with Gasteiger partial charge in [-0.25, -0.2) is 4.98 Å². The van der Waals surface area contributed by atoms with Crippen LogP contribution in [0.15, 0.2) is 30.7 Å². The molecule has 7 nitrogen and oxygen atoms in total. The normalized spacial score (nSPS) is 18.9. The van der Waals surface area contributed by atoms with Gasteiger partial charge in [0.1, 0.15) is 5.75 Å². The molecule has 1 atom stereocenters. The number of carboxylic acid groups (broad SMARTS) is 1. The number of benzene rings is 1. The molecule has 1 fully saturated rings. The Kier molecular flexibility index (Phi) is 6.11. The third-order valence-electron chi connectivity index (χ3n) is 5.04. The Hall–Kier alpha value is -2.83. The highest BCUT2D eigenvalue weighted by Crippen LogP contribution is 2.38. The lowest BCUT2D eigenvalue weighted by Gasteiger charge is -2.25. The maximum absolute atomic E-state index is 12.2. The van der Waals surface area contributed by atoms with Crippen molar-refractivity contribution in [2.45, 2.75) is 57.6 Å². The van der Waals surface area contributed by atoms with Gasteiger partial charge in [-0.05, 0) is 44.2 Å². The number of hydrogen-bond acceptors (Lipinski definition) is 4. The molecule has 1 aliphatic heterocycles. The van der Waals surface area contributed by atoms with Crippen molar-refractivity contribution < 1.29 is 19.4 Å². The summed E-state index contributed by atoms with van der Waals surface area (Å²) in [5, 5.41) is 9.88. The van der Waals surface area contributed by atoms with E-state index < -0.39 is 0 Å². The maximum Gasteiger partial charge on any atom is 0.290 e. The minimum absolute atomic E-state index is 0.0158. The highest BCUT2D eigenvalue weighted by Gasteiger charge is 2.28. The van der Waals surface area contributed by atoms with Crippen molar-refractivity contribution in [3.63, 3.8) is 0 Å². The quantitative estimate of drug-likeness (QED) is 0.804. The van der Waals surface area contributed by atoms with Gasteiger partial charge in [-0.1, -0.05) is 6.07 Å². The first-order valence-electron chi connectivity index (χ1n) is 9.34. The summed E-state index contributed by atoms with van der Waals surface area (Å²) in [5.74, 6) is 0.902. The lowest BCUT2D eigenvalue weighted by molar-refractivity contribution is -0.123. The SMILES string of the molecule is CCn1cnc(C2CC(=O)Nc3cc(OC4CCCC4)ccc32)c1.O=CO. The lowest BCUT2D eigenvalue weighted by Crippen LogP contribution is -2.24. The zero-order valence-electron chi connectivity index (χ0n) is 15.4. The fourth-order valence-corrected chi connectivity index (χ4v) is 3.71. The summed E-state index contributed by atoms with van der Waals surface area (Å²) >= 11 is 0. The molecule has 1 aliphatic carbocycles. The predicted molar refractivity (Wildman–Crippen MR) is 101 cm³/mol. The van der Waals surface area contributed by atoms with Crippen molar-refractivity contribution in [2.24, 2.45) is 0 Å². The van der Waals surface area contributed by atoms with E-state index in [-0.39, 0.29) is 18.3 Å². The van der Waals surface area contributed by atoms with Gasteiger partial charge >= 0.3 is 0 Å². The van der Waals surface area contributed by atoms with E-state index in [9.17, 15) is 4.79 Å². The summed E-state index contributed by atoms with van der Waals surface area (Å²) in [4.78, 5) is 25.0. The van der Waals surface area contributed by atoms with Crippen LogP contribution in [0.2, 0.25) is 0 Å². The molecule has 1 aromatic carbocycles. The average Bonchev–Trinajstić information content (AvgIpc) is 3.33. The number of ether oxygens (including phenoxy) is 1. The number of carbonyl (C=O) groups excluding carboxylic acids is 1. The number of aryl methyl sites for hydroxylation is 1. The minimum atomic E-state index is -0.250. The Labute approximate surface area is 158 Å². The second kappa shape index (κ2) is 8.70. The van der Waals surface area contributed by atoms with Crippen LogP contribution in [0.3, 0.4) is 0 Å². The Morgan fingerprint density at radius 2 is 2.11 bits per heavy atom. The number of nitrogens with zero attached hydrogens (tertiary/aromatic N) is 2. The molecule has 144 valence electrons. The molecule has 2 N–H and O–H groups in total. The Morgan fingerprint density at radius 1 is 1.37 bits per heavy atom. The standard InChI is InChI=1S/C19H23N3O2.CH2O2/c1-2-22-11-18(20-12-22)16-10-19(23)21-17-9-14(7-8-15(16)17)24-13-5-3-4-6-13;2-1-3/h7-9,11-13,16H,2-6,10H2,1H3,(H,21,23);1H,(H,2,3). The Balaban J connectivity index is 0.000000659. The maximum atomic E-state index is 12.2. The first-order valence-corrected chi connectivity index (χ1v) is 9.34. The molecule has 7 heteroatoms. The molecule has 1 saturated carbocycles. The van der Waals surface area contributed by atoms with Gasteiger partial charge in [0.25, 0.3) is 6.47 Å². The van der Waals surface area contributed by atoms with Crippen LogP contribution in [-0.2, 0) is 16.1 Å². The van der Waals surface area contributed by atoms with Crippen LogP contribution in [0, 0.1) is 0 Å². The molecule has 2 heterocycles. The van der Waals surface area contributed by atoms with E-state index in [2.05, 4.69) is 23.3 Å². The van der Waals surface area contributed by atoms with Crippen LogP contribution in [0.4, 0.5) is 5.69 Å². The summed E-state index contributed by atoms with van der Waals surface area (Å²) in [6.45, 7) is 2.71. The minimum Gasteiger partial charge on any atom is -0.490 e. The van der Waals surface area contributed by atoms with Crippen LogP contribution in [0.1, 0.15) is 56.2 Å². The highest BCUT2D eigenvalue weighted by atomic mass is 16.5. The van der Waals surface area contributed by atoms with Gasteiger partial charge < -0.3 is 19.7 Å². The van der Waals surface area contributed by atoms with E-state index in [1.54, 1.807) is 0 Å². The van der Waals surface area contributed by atoms with Gasteiger partial charge in [-0.2, -0.15) is 0 Å². The molecule has 2 aromatic rings. The van der Waals surface area contributed by atoms with Crippen molar-refractivity contribution in [3.05, 3.63) is 42.0 Å². The van der Waals surface area contributed by atoms with E-state index in [4.69, 9.17) is 14.6 Å². The molecule has 27 heavy (non-hydrogen) atoms. The van der Waals surface area contributed by atoms with Crippen LogP contribution < -0.4 is 10.1 Å². The van der Waals surface area contributed by atoms with Gasteiger partial charge in [-0.3, -0.25) is 9.59 Å². The van der Waals surface area contributed by atoms with Gasteiger partial charge in [0.2, 0.25) is 5.91 Å². The van der Waals surface area contributed by atoms with Crippen molar-refractivity contribution in [2.75, 3.05) is 5.32 Å². The fraction of sp³-hybridized carbons (Fsp3) is 0.450. The zero-order chi connectivity index (χ0) is 19.2. The van der Waals surface area contributed by atoms with E-state index in [1.807, 2.05) is 29.2 Å². The van der Waals surface area contributed by atoms with Crippen LogP contribution >= 0.6 is 0 Å². The zero-order valence-corrected chi connectivity index (χ0v) is 15.4. The molecule has 1 unspecified atom stereocenters. The summed E-state index contributed by atoms with van der Waals surface area (Å²) in [6, 6.07) is 6.07. The molecular formula is C20H25N3O4. The fourth-order valence-electron chi connectivity index (χ4n) is 3.71. The summed E-state index contributed by atoms with van der Waals surface area (Å²) in [6.07, 6.45) is 9.37. The average molecular weight is 371 g/mol. The van der Waals surface area contributed by atoms with Crippen molar-refractivity contribution in [1.29, 1.82) is 0 Å². The number of aromatic nitrogens is 2. The third-order valence-corrected chi connectivity index (χ3v) is 5.04. The summed E-state index contributed by atoms with van der Waals surface area (Å²) in [5.41, 5.74) is 2.94. The Morgan fingerprint density at radius 3 is 2.78 bits per heavy atom. The molecule has 1 amide bonds. The number of carbonyl (C=O) groups is 2.